The Labute approximate surface area is 127 Å². The van der Waals surface area contributed by atoms with Gasteiger partial charge in [-0.1, -0.05) is 0 Å². The number of nitrogens with zero attached hydrogens (tertiary/aromatic N) is 3. The van der Waals surface area contributed by atoms with Gasteiger partial charge in [0, 0.05) is 19.3 Å². The summed E-state index contributed by atoms with van der Waals surface area (Å²) in [5.74, 6) is 1.06. The van der Waals surface area contributed by atoms with Crippen molar-refractivity contribution in [1.29, 1.82) is 0 Å². The summed E-state index contributed by atoms with van der Waals surface area (Å²) in [6, 6.07) is 0.285. The van der Waals surface area contributed by atoms with Crippen molar-refractivity contribution in [1.82, 2.24) is 14.7 Å². The molecule has 2 rings (SSSR count). The molecule has 0 amide bonds. The van der Waals surface area contributed by atoms with Crippen LogP contribution in [-0.2, 0) is 16.9 Å². The highest BCUT2D eigenvalue weighted by atomic mass is 32.2. The van der Waals surface area contributed by atoms with Gasteiger partial charge in [0.2, 0.25) is 5.88 Å². The average Bonchev–Trinajstić information content (AvgIpc) is 2.91. The molecule has 0 aromatic carbocycles. The molecule has 6 nitrogen and oxygen atoms in total. The molecule has 0 aliphatic carbocycles. The number of likely N-dealkylation sites (tertiary alicyclic amines) is 1. The lowest BCUT2D eigenvalue weighted by atomic mass is 10.0. The minimum atomic E-state index is -2.88. The summed E-state index contributed by atoms with van der Waals surface area (Å²) in [5.41, 5.74) is 2.14. The number of methoxy groups -OCH3 is 1. The van der Waals surface area contributed by atoms with Gasteiger partial charge in [0.1, 0.15) is 9.84 Å². The van der Waals surface area contributed by atoms with Crippen LogP contribution in [0.1, 0.15) is 36.6 Å². The van der Waals surface area contributed by atoms with Crippen LogP contribution in [0.4, 0.5) is 0 Å². The smallest absolute Gasteiger partial charge is 0.216 e. The zero-order valence-corrected chi connectivity index (χ0v) is 14.1. The van der Waals surface area contributed by atoms with Crippen molar-refractivity contribution < 1.29 is 13.2 Å². The van der Waals surface area contributed by atoms with Crippen LogP contribution >= 0.6 is 0 Å². The van der Waals surface area contributed by atoms with E-state index in [-0.39, 0.29) is 11.8 Å². The van der Waals surface area contributed by atoms with E-state index in [1.165, 1.54) is 6.26 Å². The van der Waals surface area contributed by atoms with Gasteiger partial charge >= 0.3 is 0 Å². The number of aromatic nitrogens is 2. The fourth-order valence-corrected chi connectivity index (χ4v) is 3.88. The van der Waals surface area contributed by atoms with E-state index in [0.29, 0.717) is 6.42 Å². The van der Waals surface area contributed by atoms with E-state index in [1.807, 2.05) is 14.0 Å². The summed E-state index contributed by atoms with van der Waals surface area (Å²) >= 11 is 0. The second-order valence-corrected chi connectivity index (χ2v) is 8.07. The Kier molecular flexibility index (Phi) is 4.93. The molecule has 0 N–H and O–H groups in total. The maximum atomic E-state index is 11.3. The van der Waals surface area contributed by atoms with Crippen LogP contribution in [0.25, 0.3) is 0 Å². The molecule has 1 atom stereocenters. The van der Waals surface area contributed by atoms with Crippen molar-refractivity contribution in [3.05, 3.63) is 11.3 Å². The lowest BCUT2D eigenvalue weighted by Gasteiger charge is -2.24. The Morgan fingerprint density at radius 3 is 2.76 bits per heavy atom. The molecule has 0 spiro atoms. The Bertz CT molecular complexity index is 595. The summed E-state index contributed by atoms with van der Waals surface area (Å²) in [6.45, 7) is 3.81. The zero-order valence-electron chi connectivity index (χ0n) is 13.3. The van der Waals surface area contributed by atoms with E-state index in [4.69, 9.17) is 4.74 Å². The highest BCUT2D eigenvalue weighted by Gasteiger charge is 2.31. The minimum Gasteiger partial charge on any atom is -0.481 e. The molecule has 1 aliphatic rings. The zero-order chi connectivity index (χ0) is 15.6. The second-order valence-electron chi connectivity index (χ2n) is 5.81. The summed E-state index contributed by atoms with van der Waals surface area (Å²) < 4.78 is 29.8. The van der Waals surface area contributed by atoms with E-state index in [1.54, 1.807) is 11.8 Å². The molecular formula is C14H25N3O3S. The lowest BCUT2D eigenvalue weighted by Crippen LogP contribution is -2.26. The van der Waals surface area contributed by atoms with Crippen LogP contribution in [0, 0.1) is 6.92 Å². The van der Waals surface area contributed by atoms with Crippen LogP contribution in [0.15, 0.2) is 0 Å². The van der Waals surface area contributed by atoms with Crippen LogP contribution in [-0.4, -0.2) is 55.3 Å². The molecule has 120 valence electrons. The van der Waals surface area contributed by atoms with Gasteiger partial charge in [-0.05, 0) is 39.3 Å². The lowest BCUT2D eigenvalue weighted by molar-refractivity contribution is 0.250. The van der Waals surface area contributed by atoms with Crippen molar-refractivity contribution in [2.24, 2.45) is 7.05 Å². The van der Waals surface area contributed by atoms with Gasteiger partial charge in [0.15, 0.2) is 0 Å². The van der Waals surface area contributed by atoms with Gasteiger partial charge in [0.25, 0.3) is 0 Å². The summed E-state index contributed by atoms with van der Waals surface area (Å²) in [4.78, 5) is 2.36. The Morgan fingerprint density at radius 2 is 2.14 bits per heavy atom. The van der Waals surface area contributed by atoms with Crippen molar-refractivity contribution in [3.8, 4) is 5.88 Å². The van der Waals surface area contributed by atoms with Crippen molar-refractivity contribution in [3.63, 3.8) is 0 Å². The van der Waals surface area contributed by atoms with Gasteiger partial charge in [-0.2, -0.15) is 5.10 Å². The first kappa shape index (κ1) is 16.3. The molecule has 0 saturated carbocycles. The largest absolute Gasteiger partial charge is 0.481 e. The number of hydrogen-bond donors (Lipinski definition) is 0. The predicted octanol–water partition coefficient (Wildman–Crippen LogP) is 1.31. The summed E-state index contributed by atoms with van der Waals surface area (Å²) in [6.07, 6.45) is 4.17. The molecule has 1 aromatic rings. The van der Waals surface area contributed by atoms with E-state index in [2.05, 4.69) is 10.00 Å². The molecule has 7 heteroatoms. The summed E-state index contributed by atoms with van der Waals surface area (Å²) in [5, 5.41) is 4.45. The molecule has 2 heterocycles. The third-order valence-electron chi connectivity index (χ3n) is 4.06. The predicted molar refractivity (Wildman–Crippen MR) is 82.4 cm³/mol. The van der Waals surface area contributed by atoms with Gasteiger partial charge in [-0.25, -0.2) is 13.1 Å². The first-order chi connectivity index (χ1) is 9.83. The molecular weight excluding hydrogens is 290 g/mol. The molecule has 1 fully saturated rings. The first-order valence-electron chi connectivity index (χ1n) is 7.32. The van der Waals surface area contributed by atoms with Crippen LogP contribution in [0.3, 0.4) is 0 Å². The number of hydrogen-bond acceptors (Lipinski definition) is 5. The first-order valence-corrected chi connectivity index (χ1v) is 9.39. The second kappa shape index (κ2) is 6.36. The molecule has 0 unspecified atom stereocenters. The Balaban J connectivity index is 2.12. The molecule has 0 bridgehead atoms. The van der Waals surface area contributed by atoms with E-state index >= 15 is 0 Å². The molecule has 21 heavy (non-hydrogen) atoms. The summed E-state index contributed by atoms with van der Waals surface area (Å²) in [7, 11) is 0.674. The van der Waals surface area contributed by atoms with Crippen molar-refractivity contribution in [2.45, 2.75) is 32.2 Å². The van der Waals surface area contributed by atoms with Crippen molar-refractivity contribution in [2.75, 3.05) is 32.2 Å². The van der Waals surface area contributed by atoms with Crippen molar-refractivity contribution >= 4 is 9.84 Å². The molecule has 1 aliphatic heterocycles. The quantitative estimate of drug-likeness (QED) is 0.792. The highest BCUT2D eigenvalue weighted by molar-refractivity contribution is 7.90. The number of aryl methyl sites for hydroxylation is 2. The SMILES string of the molecule is COc1c([C@H]2CCCN2CCCS(C)(=O)=O)c(C)nn1C. The normalized spacial score (nSPS) is 20.1. The minimum absolute atomic E-state index is 0.249. The Hall–Kier alpha value is -1.08. The third kappa shape index (κ3) is 3.77. The van der Waals surface area contributed by atoms with Crippen LogP contribution in [0.5, 0.6) is 5.88 Å². The molecule has 0 radical (unpaired) electrons. The maximum Gasteiger partial charge on any atom is 0.216 e. The topological polar surface area (TPSA) is 64.4 Å². The molecule has 1 saturated heterocycles. The van der Waals surface area contributed by atoms with E-state index in [9.17, 15) is 8.42 Å². The van der Waals surface area contributed by atoms with Gasteiger partial charge in [-0.3, -0.25) is 4.90 Å². The van der Waals surface area contributed by atoms with Gasteiger partial charge in [-0.15, -0.1) is 0 Å². The number of ether oxygens (including phenoxy) is 1. The molecule has 1 aromatic heterocycles. The standard InChI is InChI=1S/C14H25N3O3S/c1-11-13(14(20-3)16(2)15-11)12-7-5-8-17(12)9-6-10-21(4,18)19/h12H,5-10H2,1-4H3/t12-/m1/s1. The number of rotatable bonds is 6. The number of sulfone groups is 1. The maximum absolute atomic E-state index is 11.3. The van der Waals surface area contributed by atoms with Crippen LogP contribution in [0.2, 0.25) is 0 Å². The monoisotopic (exact) mass is 315 g/mol. The fraction of sp³-hybridized carbons (Fsp3) is 0.786. The van der Waals surface area contributed by atoms with Crippen LogP contribution < -0.4 is 4.74 Å². The average molecular weight is 315 g/mol. The highest BCUT2D eigenvalue weighted by Crippen LogP contribution is 2.38. The Morgan fingerprint density at radius 1 is 1.43 bits per heavy atom. The van der Waals surface area contributed by atoms with E-state index < -0.39 is 9.84 Å². The van der Waals surface area contributed by atoms with Gasteiger partial charge < -0.3 is 4.74 Å². The van der Waals surface area contributed by atoms with E-state index in [0.717, 1.165) is 43.1 Å². The third-order valence-corrected chi connectivity index (χ3v) is 5.10. The van der Waals surface area contributed by atoms with Gasteiger partial charge in [0.05, 0.1) is 24.1 Å². The fourth-order valence-electron chi connectivity index (χ4n) is 3.23.